The van der Waals surface area contributed by atoms with E-state index in [9.17, 15) is 14.0 Å². The predicted octanol–water partition coefficient (Wildman–Crippen LogP) is 5.14. The van der Waals surface area contributed by atoms with Crippen molar-refractivity contribution in [1.82, 2.24) is 10.2 Å². The van der Waals surface area contributed by atoms with E-state index in [1.54, 1.807) is 11.0 Å². The molecule has 0 aliphatic carbocycles. The van der Waals surface area contributed by atoms with Gasteiger partial charge in [0.1, 0.15) is 18.2 Å². The lowest BCUT2D eigenvalue weighted by Gasteiger charge is -2.33. The molecule has 5 nitrogen and oxygen atoms in total. The van der Waals surface area contributed by atoms with Crippen molar-refractivity contribution in [2.45, 2.75) is 45.3 Å². The first kappa shape index (κ1) is 22.3. The second-order valence-electron chi connectivity index (χ2n) is 8.03. The summed E-state index contributed by atoms with van der Waals surface area (Å²) < 4.78 is 21.4. The summed E-state index contributed by atoms with van der Waals surface area (Å²) in [5.74, 6) is 0.199. The molecule has 1 atom stereocenters. The van der Waals surface area contributed by atoms with E-state index in [0.717, 1.165) is 24.0 Å². The van der Waals surface area contributed by atoms with Gasteiger partial charge in [0.05, 0.1) is 4.88 Å². The molecule has 2 heterocycles. The van der Waals surface area contributed by atoms with Crippen LogP contribution in [0.25, 0.3) is 10.1 Å². The Bertz CT molecular complexity index is 1100. The highest BCUT2D eigenvalue weighted by Crippen LogP contribution is 2.35. The van der Waals surface area contributed by atoms with Crippen LogP contribution in [0.3, 0.4) is 0 Å². The van der Waals surface area contributed by atoms with Crippen LogP contribution in [0.5, 0.6) is 5.75 Å². The van der Waals surface area contributed by atoms with Crippen molar-refractivity contribution >= 4 is 33.2 Å². The fourth-order valence-corrected chi connectivity index (χ4v) is 5.29. The molecule has 1 aliphatic heterocycles. The smallest absolute Gasteiger partial charge is 0.264 e. The topological polar surface area (TPSA) is 58.6 Å². The zero-order valence-electron chi connectivity index (χ0n) is 18.1. The van der Waals surface area contributed by atoms with Gasteiger partial charge in [0.25, 0.3) is 5.91 Å². The molecule has 0 saturated carbocycles. The fourth-order valence-electron chi connectivity index (χ4n) is 4.10. The van der Waals surface area contributed by atoms with Gasteiger partial charge in [-0.1, -0.05) is 31.2 Å². The molecule has 3 aromatic rings. The maximum absolute atomic E-state index is 14.7. The number of carbonyl (C=O) groups excluding carboxylic acids is 2. The normalized spacial score (nSPS) is 16.2. The van der Waals surface area contributed by atoms with Crippen LogP contribution < -0.4 is 10.1 Å². The molecule has 0 radical (unpaired) electrons. The molecule has 1 saturated heterocycles. The number of piperidine rings is 1. The highest BCUT2D eigenvalue weighted by molar-refractivity contribution is 7.21. The molecule has 2 aromatic carbocycles. The highest BCUT2D eigenvalue weighted by atomic mass is 32.1. The summed E-state index contributed by atoms with van der Waals surface area (Å²) in [5.41, 5.74) is 0.578. The number of benzene rings is 2. The van der Waals surface area contributed by atoms with Gasteiger partial charge in [0, 0.05) is 41.2 Å². The molecule has 1 N–H and O–H groups in total. The van der Waals surface area contributed by atoms with Gasteiger partial charge in [-0.3, -0.25) is 9.59 Å². The minimum Gasteiger partial charge on any atom is -0.489 e. The number of hydrogen-bond acceptors (Lipinski definition) is 4. The van der Waals surface area contributed by atoms with Gasteiger partial charge in [0.15, 0.2) is 0 Å². The first-order valence-electron chi connectivity index (χ1n) is 11.0. The monoisotopic (exact) mass is 454 g/mol. The van der Waals surface area contributed by atoms with E-state index >= 15 is 0 Å². The van der Waals surface area contributed by atoms with Crippen LogP contribution in [-0.2, 0) is 11.4 Å². The van der Waals surface area contributed by atoms with E-state index in [0.29, 0.717) is 41.1 Å². The second kappa shape index (κ2) is 10.1. The Labute approximate surface area is 191 Å². The van der Waals surface area contributed by atoms with Crippen molar-refractivity contribution in [1.29, 1.82) is 0 Å². The molecule has 7 heteroatoms. The molecular formula is C25H27FN2O3S. The number of fused-ring (bicyclic) bond motifs is 1. The van der Waals surface area contributed by atoms with Crippen molar-refractivity contribution in [2.75, 3.05) is 13.1 Å². The van der Waals surface area contributed by atoms with Crippen LogP contribution in [-0.4, -0.2) is 35.8 Å². The fraction of sp³-hybridized carbons (Fsp3) is 0.360. The Morgan fingerprint density at radius 1 is 1.19 bits per heavy atom. The van der Waals surface area contributed by atoms with Crippen LogP contribution in [0.15, 0.2) is 48.5 Å². The Morgan fingerprint density at radius 3 is 2.78 bits per heavy atom. The van der Waals surface area contributed by atoms with E-state index in [2.05, 4.69) is 5.32 Å². The number of rotatable bonds is 7. The minimum atomic E-state index is -0.354. The summed E-state index contributed by atoms with van der Waals surface area (Å²) in [6.45, 7) is 3.16. The van der Waals surface area contributed by atoms with Crippen molar-refractivity contribution in [3.63, 3.8) is 0 Å². The summed E-state index contributed by atoms with van der Waals surface area (Å²) in [6, 6.07) is 14.1. The molecule has 1 fully saturated rings. The largest absolute Gasteiger partial charge is 0.489 e. The highest BCUT2D eigenvalue weighted by Gasteiger charge is 2.29. The first-order valence-corrected chi connectivity index (χ1v) is 11.8. The molecule has 0 bridgehead atoms. The molecule has 1 unspecified atom stereocenters. The molecule has 2 amide bonds. The lowest BCUT2D eigenvalue weighted by atomic mass is 10.0. The lowest BCUT2D eigenvalue weighted by molar-refractivity contribution is -0.122. The number of halogens is 1. The van der Waals surface area contributed by atoms with Crippen LogP contribution in [0.1, 0.15) is 47.8 Å². The first-order chi connectivity index (χ1) is 15.6. The zero-order chi connectivity index (χ0) is 22.5. The number of para-hydroxylation sites is 1. The van der Waals surface area contributed by atoms with E-state index < -0.39 is 0 Å². The minimum absolute atomic E-state index is 0.0210. The number of ether oxygens (including phenoxy) is 1. The van der Waals surface area contributed by atoms with E-state index in [1.165, 1.54) is 17.4 Å². The zero-order valence-corrected chi connectivity index (χ0v) is 18.9. The third-order valence-electron chi connectivity index (χ3n) is 5.63. The van der Waals surface area contributed by atoms with Crippen LogP contribution in [0.4, 0.5) is 4.39 Å². The summed E-state index contributed by atoms with van der Waals surface area (Å²) >= 11 is 1.30. The molecule has 1 aliphatic rings. The summed E-state index contributed by atoms with van der Waals surface area (Å²) in [7, 11) is 0. The molecule has 32 heavy (non-hydrogen) atoms. The molecule has 4 rings (SSSR count). The number of carbonyl (C=O) groups is 2. The molecule has 168 valence electrons. The number of nitrogens with one attached hydrogen (secondary N) is 1. The van der Waals surface area contributed by atoms with Crippen LogP contribution >= 0.6 is 11.3 Å². The van der Waals surface area contributed by atoms with Gasteiger partial charge in [-0.05, 0) is 43.5 Å². The average Bonchev–Trinajstić information content (AvgIpc) is 3.18. The number of thiophene rings is 1. The van der Waals surface area contributed by atoms with Gasteiger partial charge >= 0.3 is 0 Å². The van der Waals surface area contributed by atoms with Crippen LogP contribution in [0, 0.1) is 5.82 Å². The molecular weight excluding hydrogens is 427 g/mol. The number of nitrogens with zero attached hydrogens (tertiary/aromatic N) is 1. The molecule has 1 aromatic heterocycles. The SMILES string of the molecule is CCCC(=O)NC1CCCN(C(=O)c2sc3cccc(F)c3c2COc2ccccc2)C1. The lowest BCUT2D eigenvalue weighted by Crippen LogP contribution is -2.49. The Morgan fingerprint density at radius 2 is 2.00 bits per heavy atom. The van der Waals surface area contributed by atoms with Crippen molar-refractivity contribution in [2.24, 2.45) is 0 Å². The number of amides is 2. The van der Waals surface area contributed by atoms with Crippen LogP contribution in [0.2, 0.25) is 0 Å². The van der Waals surface area contributed by atoms with Gasteiger partial charge in [-0.15, -0.1) is 11.3 Å². The van der Waals surface area contributed by atoms with E-state index in [1.807, 2.05) is 43.3 Å². The van der Waals surface area contributed by atoms with Gasteiger partial charge < -0.3 is 15.0 Å². The standard InChI is InChI=1S/C25H27FN2O3S/c1-2-8-22(29)27-17-9-7-14-28(15-17)25(30)24-19(16-31-18-10-4-3-5-11-18)23-20(26)12-6-13-21(23)32-24/h3-6,10-13,17H,2,7-9,14-16H2,1H3,(H,27,29). The van der Waals surface area contributed by atoms with Gasteiger partial charge in [-0.25, -0.2) is 4.39 Å². The van der Waals surface area contributed by atoms with E-state index in [-0.39, 0.29) is 30.3 Å². The summed E-state index contributed by atoms with van der Waals surface area (Å²) in [4.78, 5) is 27.8. The summed E-state index contributed by atoms with van der Waals surface area (Å²) in [6.07, 6.45) is 2.95. The Hall–Kier alpha value is -2.93. The average molecular weight is 455 g/mol. The molecule has 0 spiro atoms. The number of hydrogen-bond donors (Lipinski definition) is 1. The Balaban J connectivity index is 1.59. The number of likely N-dealkylation sites (tertiary alicyclic amines) is 1. The maximum atomic E-state index is 14.7. The van der Waals surface area contributed by atoms with Crippen molar-refractivity contribution in [3.05, 3.63) is 64.8 Å². The van der Waals surface area contributed by atoms with Crippen molar-refractivity contribution in [3.8, 4) is 5.75 Å². The Kier molecular flexibility index (Phi) is 7.05. The van der Waals surface area contributed by atoms with Gasteiger partial charge in [0.2, 0.25) is 5.91 Å². The predicted molar refractivity (Wildman–Crippen MR) is 125 cm³/mol. The van der Waals surface area contributed by atoms with E-state index in [4.69, 9.17) is 4.74 Å². The second-order valence-corrected chi connectivity index (χ2v) is 9.08. The quantitative estimate of drug-likeness (QED) is 0.538. The third kappa shape index (κ3) is 4.93. The summed E-state index contributed by atoms with van der Waals surface area (Å²) in [5, 5.41) is 3.48. The maximum Gasteiger partial charge on any atom is 0.264 e. The van der Waals surface area contributed by atoms with Gasteiger partial charge in [-0.2, -0.15) is 0 Å². The third-order valence-corrected chi connectivity index (χ3v) is 6.82. The van der Waals surface area contributed by atoms with Crippen molar-refractivity contribution < 1.29 is 18.7 Å².